The van der Waals surface area contributed by atoms with Crippen LogP contribution in [0.4, 0.5) is 5.13 Å². The molecule has 2 aromatic rings. The molecule has 0 saturated carbocycles. The number of nitrogens with zero attached hydrogens (tertiary/aromatic N) is 1. The molecule has 2 rings (SSSR count). The van der Waals surface area contributed by atoms with E-state index in [9.17, 15) is 9.59 Å². The third-order valence-electron chi connectivity index (χ3n) is 2.19. The first-order valence-corrected chi connectivity index (χ1v) is 6.27. The van der Waals surface area contributed by atoms with Crippen molar-refractivity contribution in [2.24, 2.45) is 0 Å². The lowest BCUT2D eigenvalue weighted by Crippen LogP contribution is -2.00. The maximum atomic E-state index is 9.64. The Morgan fingerprint density at radius 2 is 1.84 bits per heavy atom. The topological polar surface area (TPSA) is 114 Å². The van der Waals surface area contributed by atoms with Crippen LogP contribution < -0.4 is 5.73 Å². The van der Waals surface area contributed by atoms with Gasteiger partial charge in [-0.15, -0.1) is 0 Å². The molecule has 0 aliphatic rings. The normalized spacial score (nSPS) is 9.74. The maximum Gasteiger partial charge on any atom is 0.303 e. The van der Waals surface area contributed by atoms with Gasteiger partial charge in [-0.3, -0.25) is 9.59 Å². The van der Waals surface area contributed by atoms with E-state index in [0.29, 0.717) is 5.13 Å². The standard InChI is InChI=1S/C8H8N2S.C4H6O4/c1-5-3-2-4-6-7(5)10-8(9)11-6;5-3(6)1-2-4(7)8/h2-4H,1H3,(H2,9,10);1-2H2,(H,5,6)(H,7,8). The first-order valence-electron chi connectivity index (χ1n) is 5.45. The van der Waals surface area contributed by atoms with Gasteiger partial charge in [0.25, 0.3) is 0 Å². The molecule has 102 valence electrons. The number of thiazole rings is 1. The summed E-state index contributed by atoms with van der Waals surface area (Å²) in [6.07, 6.45) is -0.593. The Morgan fingerprint density at radius 3 is 2.32 bits per heavy atom. The van der Waals surface area contributed by atoms with Gasteiger partial charge in [-0.2, -0.15) is 0 Å². The smallest absolute Gasteiger partial charge is 0.303 e. The predicted octanol–water partition coefficient (Wildman–Crippen LogP) is 2.12. The zero-order valence-corrected chi connectivity index (χ0v) is 11.1. The highest BCUT2D eigenvalue weighted by atomic mass is 32.1. The average Bonchev–Trinajstić information content (AvgIpc) is 2.69. The van der Waals surface area contributed by atoms with E-state index >= 15 is 0 Å². The lowest BCUT2D eigenvalue weighted by molar-refractivity contribution is -0.143. The Hall–Kier alpha value is -2.15. The quantitative estimate of drug-likeness (QED) is 0.794. The van der Waals surface area contributed by atoms with E-state index in [1.165, 1.54) is 21.6 Å². The minimum absolute atomic E-state index is 0.296. The number of nitrogen functional groups attached to an aromatic ring is 1. The maximum absolute atomic E-state index is 9.64. The summed E-state index contributed by atoms with van der Waals surface area (Å²) in [5.74, 6) is -2.15. The molecule has 0 unspecified atom stereocenters. The number of aliphatic carboxylic acids is 2. The molecule has 0 aliphatic heterocycles. The van der Waals surface area contributed by atoms with Crippen LogP contribution in [0.15, 0.2) is 18.2 Å². The summed E-state index contributed by atoms with van der Waals surface area (Å²) in [6, 6.07) is 6.10. The number of aromatic nitrogens is 1. The molecular formula is C12H14N2O4S. The predicted molar refractivity (Wildman–Crippen MR) is 73.3 cm³/mol. The number of aryl methyl sites for hydroxylation is 1. The molecule has 0 aliphatic carbocycles. The van der Waals surface area contributed by atoms with Gasteiger partial charge >= 0.3 is 11.9 Å². The van der Waals surface area contributed by atoms with Crippen molar-refractivity contribution in [1.29, 1.82) is 0 Å². The van der Waals surface area contributed by atoms with Crippen LogP contribution in [0.3, 0.4) is 0 Å². The number of hydrogen-bond donors (Lipinski definition) is 3. The number of anilines is 1. The molecule has 1 aromatic carbocycles. The second kappa shape index (κ2) is 6.69. The molecule has 4 N–H and O–H groups in total. The molecule has 0 radical (unpaired) electrons. The lowest BCUT2D eigenvalue weighted by atomic mass is 10.2. The van der Waals surface area contributed by atoms with Gasteiger partial charge in [0.15, 0.2) is 5.13 Å². The molecule has 0 bridgehead atoms. The zero-order valence-electron chi connectivity index (χ0n) is 10.3. The minimum atomic E-state index is -1.08. The van der Waals surface area contributed by atoms with Crippen LogP contribution in [-0.2, 0) is 9.59 Å². The van der Waals surface area contributed by atoms with Gasteiger partial charge in [-0.25, -0.2) is 4.98 Å². The lowest BCUT2D eigenvalue weighted by Gasteiger charge is -1.89. The summed E-state index contributed by atoms with van der Waals surface area (Å²) in [5.41, 5.74) is 7.79. The minimum Gasteiger partial charge on any atom is -0.481 e. The highest BCUT2D eigenvalue weighted by Gasteiger charge is 2.01. The van der Waals surface area contributed by atoms with Gasteiger partial charge in [-0.05, 0) is 18.6 Å². The number of carboxylic acid groups (broad SMARTS) is 2. The Labute approximate surface area is 113 Å². The van der Waals surface area contributed by atoms with E-state index in [1.807, 2.05) is 25.1 Å². The highest BCUT2D eigenvalue weighted by Crippen LogP contribution is 2.25. The van der Waals surface area contributed by atoms with Crippen LogP contribution in [0.1, 0.15) is 18.4 Å². The van der Waals surface area contributed by atoms with Crippen molar-refractivity contribution in [2.45, 2.75) is 19.8 Å². The van der Waals surface area contributed by atoms with Crippen LogP contribution in [0, 0.1) is 6.92 Å². The third-order valence-corrected chi connectivity index (χ3v) is 3.04. The Balaban J connectivity index is 0.000000203. The molecule has 0 atom stereocenters. The Kier molecular flexibility index (Phi) is 5.25. The summed E-state index contributed by atoms with van der Waals surface area (Å²) >= 11 is 1.53. The fourth-order valence-corrected chi connectivity index (χ4v) is 2.13. The summed E-state index contributed by atoms with van der Waals surface area (Å²) in [5, 5.41) is 16.4. The van der Waals surface area contributed by atoms with E-state index in [1.54, 1.807) is 0 Å². The Morgan fingerprint density at radius 1 is 1.26 bits per heavy atom. The molecule has 0 fully saturated rings. The highest BCUT2D eigenvalue weighted by molar-refractivity contribution is 7.22. The van der Waals surface area contributed by atoms with Gasteiger partial charge in [0.05, 0.1) is 23.1 Å². The van der Waals surface area contributed by atoms with E-state index in [0.717, 1.165) is 5.52 Å². The van der Waals surface area contributed by atoms with Crippen molar-refractivity contribution in [2.75, 3.05) is 5.73 Å². The molecule has 0 amide bonds. The van der Waals surface area contributed by atoms with Gasteiger partial charge < -0.3 is 15.9 Å². The van der Waals surface area contributed by atoms with Gasteiger partial charge in [0.1, 0.15) is 0 Å². The molecule has 6 nitrogen and oxygen atoms in total. The molecule has 0 spiro atoms. The number of para-hydroxylation sites is 1. The van der Waals surface area contributed by atoms with Gasteiger partial charge in [0, 0.05) is 0 Å². The number of hydrogen-bond acceptors (Lipinski definition) is 5. The first kappa shape index (κ1) is 14.9. The van der Waals surface area contributed by atoms with Crippen molar-refractivity contribution in [3.63, 3.8) is 0 Å². The second-order valence-electron chi connectivity index (χ2n) is 3.76. The molecule has 1 heterocycles. The third kappa shape index (κ3) is 4.92. The van der Waals surface area contributed by atoms with Crippen LogP contribution in [0.5, 0.6) is 0 Å². The largest absolute Gasteiger partial charge is 0.481 e. The van der Waals surface area contributed by atoms with Crippen molar-refractivity contribution < 1.29 is 19.8 Å². The van der Waals surface area contributed by atoms with Crippen molar-refractivity contribution >= 4 is 38.6 Å². The molecule has 19 heavy (non-hydrogen) atoms. The summed E-state index contributed by atoms with van der Waals surface area (Å²) in [4.78, 5) is 23.5. The second-order valence-corrected chi connectivity index (χ2v) is 4.82. The van der Waals surface area contributed by atoms with Crippen molar-refractivity contribution in [3.8, 4) is 0 Å². The Bertz CT molecular complexity index is 580. The fourth-order valence-electron chi connectivity index (χ4n) is 1.32. The van der Waals surface area contributed by atoms with E-state index in [4.69, 9.17) is 15.9 Å². The number of carbonyl (C=O) groups is 2. The first-order chi connectivity index (χ1) is 8.90. The molecule has 1 aromatic heterocycles. The number of fused-ring (bicyclic) bond motifs is 1. The van der Waals surface area contributed by atoms with Crippen LogP contribution in [-0.4, -0.2) is 27.1 Å². The summed E-state index contributed by atoms with van der Waals surface area (Å²) in [7, 11) is 0. The fraction of sp³-hybridized carbons (Fsp3) is 0.250. The van der Waals surface area contributed by atoms with Gasteiger partial charge in [0.2, 0.25) is 0 Å². The SMILES string of the molecule is Cc1cccc2sc(N)nc12.O=C(O)CCC(=O)O. The zero-order chi connectivity index (χ0) is 14.4. The number of rotatable bonds is 3. The van der Waals surface area contributed by atoms with Gasteiger partial charge in [-0.1, -0.05) is 23.5 Å². The monoisotopic (exact) mass is 282 g/mol. The summed E-state index contributed by atoms with van der Waals surface area (Å²) in [6.45, 7) is 2.04. The van der Waals surface area contributed by atoms with E-state index in [-0.39, 0.29) is 12.8 Å². The molecular weight excluding hydrogens is 268 g/mol. The average molecular weight is 282 g/mol. The van der Waals surface area contributed by atoms with Crippen LogP contribution in [0.2, 0.25) is 0 Å². The molecule has 7 heteroatoms. The van der Waals surface area contributed by atoms with Crippen molar-refractivity contribution in [3.05, 3.63) is 23.8 Å². The van der Waals surface area contributed by atoms with Crippen molar-refractivity contribution in [1.82, 2.24) is 4.98 Å². The number of nitrogens with two attached hydrogens (primary N) is 1. The van der Waals surface area contributed by atoms with Crippen LogP contribution in [0.25, 0.3) is 10.2 Å². The molecule has 0 saturated heterocycles. The number of carboxylic acids is 2. The number of benzene rings is 1. The van der Waals surface area contributed by atoms with Crippen LogP contribution >= 0.6 is 11.3 Å². The van der Waals surface area contributed by atoms with E-state index < -0.39 is 11.9 Å². The summed E-state index contributed by atoms with van der Waals surface area (Å²) < 4.78 is 1.17. The van der Waals surface area contributed by atoms with E-state index in [2.05, 4.69) is 4.98 Å².